The van der Waals surface area contributed by atoms with Crippen molar-refractivity contribution in [2.24, 2.45) is 0 Å². The zero-order valence-electron chi connectivity index (χ0n) is 12.5. The molecule has 0 saturated carbocycles. The summed E-state index contributed by atoms with van der Waals surface area (Å²) in [6, 6.07) is 8.35. The number of halogens is 3. The van der Waals surface area contributed by atoms with Crippen LogP contribution in [0.1, 0.15) is 40.5 Å². The number of nitrogens with one attached hydrogen (secondary N) is 1. The normalized spacial score (nSPS) is 22.2. The van der Waals surface area contributed by atoms with Crippen molar-refractivity contribution in [3.63, 3.8) is 0 Å². The van der Waals surface area contributed by atoms with Crippen molar-refractivity contribution in [1.29, 1.82) is 0 Å². The molecule has 5 heteroatoms. The molecule has 122 valence electrons. The topological polar surface area (TPSA) is 32.3 Å². The van der Waals surface area contributed by atoms with E-state index in [0.717, 1.165) is 29.7 Å². The summed E-state index contributed by atoms with van der Waals surface area (Å²) in [5, 5.41) is 12.9. The molecule has 0 fully saturated rings. The molecule has 2 atom stereocenters. The monoisotopic (exact) mass is 337 g/mol. The molecule has 1 aliphatic carbocycles. The fourth-order valence-corrected chi connectivity index (χ4v) is 3.91. The van der Waals surface area contributed by atoms with Crippen molar-refractivity contribution in [2.45, 2.75) is 24.7 Å². The third-order valence-corrected chi connectivity index (χ3v) is 4.95. The van der Waals surface area contributed by atoms with Crippen LogP contribution < -0.4 is 5.32 Å². The average molecular weight is 338 g/mol. The molecule has 2 aromatic rings. The highest BCUT2D eigenvalue weighted by molar-refractivity contribution is 5.85. The minimum atomic E-state index is -0.750. The van der Waals surface area contributed by atoms with Gasteiger partial charge in [0.05, 0.1) is 0 Å². The molecule has 23 heavy (non-hydrogen) atoms. The maximum Gasteiger partial charge on any atom is 0.162 e. The van der Waals surface area contributed by atoms with E-state index in [9.17, 15) is 13.9 Å². The first-order valence-corrected chi connectivity index (χ1v) is 7.65. The number of rotatable bonds is 1. The Morgan fingerprint density at radius 3 is 2.57 bits per heavy atom. The lowest BCUT2D eigenvalue weighted by Gasteiger charge is -2.20. The first kappa shape index (κ1) is 16.2. The van der Waals surface area contributed by atoms with Gasteiger partial charge in [0.25, 0.3) is 0 Å². The molecule has 4 rings (SSSR count). The molecule has 0 amide bonds. The summed E-state index contributed by atoms with van der Waals surface area (Å²) in [5.41, 5.74) is 3.47. The van der Waals surface area contributed by atoms with Crippen LogP contribution in [0.3, 0.4) is 0 Å². The first-order chi connectivity index (χ1) is 10.6. The Morgan fingerprint density at radius 1 is 1.09 bits per heavy atom. The zero-order chi connectivity index (χ0) is 15.3. The summed E-state index contributed by atoms with van der Waals surface area (Å²) in [6.45, 7) is 1.50. The van der Waals surface area contributed by atoms with Crippen molar-refractivity contribution < 1.29 is 13.9 Å². The molecule has 0 saturated heterocycles. The highest BCUT2D eigenvalue weighted by Gasteiger charge is 2.34. The van der Waals surface area contributed by atoms with Gasteiger partial charge in [-0.25, -0.2) is 8.78 Å². The van der Waals surface area contributed by atoms with E-state index in [0.29, 0.717) is 18.5 Å². The number of aromatic hydroxyl groups is 1. The Kier molecular flexibility index (Phi) is 4.30. The number of phenolic OH excluding ortho intramolecular Hbond substituents is 1. The maximum atomic E-state index is 14.1. The predicted molar refractivity (Wildman–Crippen MR) is 87.5 cm³/mol. The summed E-state index contributed by atoms with van der Waals surface area (Å²) in [4.78, 5) is 0. The molecule has 0 spiro atoms. The summed E-state index contributed by atoms with van der Waals surface area (Å²) >= 11 is 0. The van der Waals surface area contributed by atoms with Crippen LogP contribution in [0.2, 0.25) is 0 Å². The molecule has 0 radical (unpaired) electrons. The lowest BCUT2D eigenvalue weighted by atomic mass is 9.85. The van der Waals surface area contributed by atoms with Gasteiger partial charge in [-0.2, -0.15) is 0 Å². The smallest absolute Gasteiger partial charge is 0.162 e. The van der Waals surface area contributed by atoms with Crippen molar-refractivity contribution in [2.75, 3.05) is 13.1 Å². The second-order valence-corrected chi connectivity index (χ2v) is 6.19. The van der Waals surface area contributed by atoms with E-state index >= 15 is 0 Å². The summed E-state index contributed by atoms with van der Waals surface area (Å²) < 4.78 is 28.1. The lowest BCUT2D eigenvalue weighted by Crippen LogP contribution is -2.22. The molecule has 0 bridgehead atoms. The van der Waals surface area contributed by atoms with Gasteiger partial charge in [0.2, 0.25) is 0 Å². The van der Waals surface area contributed by atoms with Crippen molar-refractivity contribution >= 4 is 12.4 Å². The van der Waals surface area contributed by atoms with Crippen LogP contribution in [0.15, 0.2) is 30.3 Å². The Morgan fingerprint density at radius 2 is 1.83 bits per heavy atom. The third-order valence-electron chi connectivity index (χ3n) is 4.95. The standard InChI is InChI=1S/C18H17F2NO.ClH/c19-16-7-14-15(10-1-4-12(22)5-2-10)9-21-8-11-3-6-13(17(11)14)18(16)20;/h1-2,4-5,7,11,15,21-22H,3,6,8-9H2;1H/t11-,15+;/m1./s1. The fourth-order valence-electron chi connectivity index (χ4n) is 3.91. The average Bonchev–Trinajstić information content (AvgIpc) is 2.85. The molecular weight excluding hydrogens is 320 g/mol. The molecule has 1 heterocycles. The van der Waals surface area contributed by atoms with Gasteiger partial charge in [-0.1, -0.05) is 12.1 Å². The maximum absolute atomic E-state index is 14.1. The van der Waals surface area contributed by atoms with E-state index in [1.165, 1.54) is 6.07 Å². The van der Waals surface area contributed by atoms with Crippen LogP contribution in [0.4, 0.5) is 8.78 Å². The SMILES string of the molecule is Cl.Oc1ccc([C@@H]2CNC[C@H]3CCc4c(F)c(F)cc2c43)cc1. The Balaban J connectivity index is 0.00000156. The zero-order valence-corrected chi connectivity index (χ0v) is 13.3. The van der Waals surface area contributed by atoms with Gasteiger partial charge in [-0.05, 0) is 59.2 Å². The third kappa shape index (κ3) is 2.60. The largest absolute Gasteiger partial charge is 0.508 e. The van der Waals surface area contributed by atoms with Crippen molar-refractivity contribution in [3.8, 4) is 5.75 Å². The van der Waals surface area contributed by atoms with Gasteiger partial charge >= 0.3 is 0 Å². The second-order valence-electron chi connectivity index (χ2n) is 6.19. The van der Waals surface area contributed by atoms with Gasteiger partial charge in [0.15, 0.2) is 11.6 Å². The second kappa shape index (κ2) is 6.10. The van der Waals surface area contributed by atoms with E-state index in [1.54, 1.807) is 12.1 Å². The van der Waals surface area contributed by atoms with Crippen LogP contribution in [-0.4, -0.2) is 18.2 Å². The van der Waals surface area contributed by atoms with Gasteiger partial charge in [0.1, 0.15) is 5.75 Å². The molecule has 0 unspecified atom stereocenters. The van der Waals surface area contributed by atoms with Crippen LogP contribution in [0, 0.1) is 11.6 Å². The van der Waals surface area contributed by atoms with E-state index in [-0.39, 0.29) is 30.0 Å². The molecule has 2 aliphatic rings. The van der Waals surface area contributed by atoms with Crippen LogP contribution in [0.5, 0.6) is 5.75 Å². The van der Waals surface area contributed by atoms with E-state index in [1.807, 2.05) is 12.1 Å². The van der Waals surface area contributed by atoms with Gasteiger partial charge in [0, 0.05) is 19.0 Å². The van der Waals surface area contributed by atoms with E-state index in [4.69, 9.17) is 0 Å². The predicted octanol–water partition coefficient (Wildman–Crippen LogP) is 3.86. The van der Waals surface area contributed by atoms with Crippen LogP contribution in [0.25, 0.3) is 0 Å². The quantitative estimate of drug-likeness (QED) is 0.828. The van der Waals surface area contributed by atoms with Gasteiger partial charge in [-0.15, -0.1) is 12.4 Å². The molecule has 2 N–H and O–H groups in total. The van der Waals surface area contributed by atoms with Crippen LogP contribution in [-0.2, 0) is 6.42 Å². The first-order valence-electron chi connectivity index (χ1n) is 7.65. The fraction of sp³-hybridized carbons (Fsp3) is 0.333. The lowest BCUT2D eigenvalue weighted by molar-refractivity contribution is 0.475. The van der Waals surface area contributed by atoms with E-state index in [2.05, 4.69) is 5.32 Å². The summed E-state index contributed by atoms with van der Waals surface area (Å²) in [5.74, 6) is -0.971. The van der Waals surface area contributed by atoms with Crippen LogP contribution >= 0.6 is 12.4 Å². The molecule has 0 aromatic heterocycles. The van der Waals surface area contributed by atoms with Gasteiger partial charge < -0.3 is 10.4 Å². The number of hydrogen-bond acceptors (Lipinski definition) is 2. The van der Waals surface area contributed by atoms with Crippen molar-refractivity contribution in [1.82, 2.24) is 5.32 Å². The number of benzene rings is 2. The van der Waals surface area contributed by atoms with Crippen molar-refractivity contribution in [3.05, 3.63) is 64.2 Å². The van der Waals surface area contributed by atoms with E-state index < -0.39 is 11.6 Å². The minimum Gasteiger partial charge on any atom is -0.508 e. The van der Waals surface area contributed by atoms with Gasteiger partial charge in [-0.3, -0.25) is 0 Å². The highest BCUT2D eigenvalue weighted by Crippen LogP contribution is 2.43. The molecule has 2 nitrogen and oxygen atoms in total. The molecule has 2 aromatic carbocycles. The molecular formula is C18H18ClF2NO. The minimum absolute atomic E-state index is 0. The summed E-state index contributed by atoms with van der Waals surface area (Å²) in [7, 11) is 0. The summed E-state index contributed by atoms with van der Waals surface area (Å²) in [6.07, 6.45) is 1.48. The number of phenols is 1. The Bertz CT molecular complexity index is 733. The molecule has 1 aliphatic heterocycles. The number of hydrogen-bond donors (Lipinski definition) is 2. The Labute approximate surface area is 139 Å². The highest BCUT2D eigenvalue weighted by atomic mass is 35.5. The Hall–Kier alpha value is -1.65.